The van der Waals surface area contributed by atoms with E-state index < -0.39 is 0 Å². The van der Waals surface area contributed by atoms with Crippen LogP contribution in [0.5, 0.6) is 0 Å². The summed E-state index contributed by atoms with van der Waals surface area (Å²) < 4.78 is 3.39. The van der Waals surface area contributed by atoms with Crippen LogP contribution in [0.25, 0.3) is 5.82 Å². The number of nitrogens with one attached hydrogen (secondary N) is 1. The molecule has 1 amide bonds. The molecular weight excluding hydrogens is 268 g/mol. The van der Waals surface area contributed by atoms with Gasteiger partial charge in [0.1, 0.15) is 12.4 Å². The first-order valence-electron chi connectivity index (χ1n) is 6.46. The minimum absolute atomic E-state index is 0.157. The van der Waals surface area contributed by atoms with E-state index in [-0.39, 0.29) is 12.5 Å². The molecule has 0 aliphatic rings. The zero-order valence-electron chi connectivity index (χ0n) is 11.5. The molecule has 3 aromatic rings. The smallest absolute Gasteiger partial charge is 0.246 e. The van der Waals surface area contributed by atoms with Gasteiger partial charge in [-0.1, -0.05) is 0 Å². The molecule has 7 nitrogen and oxygen atoms in total. The molecule has 0 spiro atoms. The van der Waals surface area contributed by atoms with Crippen molar-refractivity contribution in [3.05, 3.63) is 55.0 Å². The van der Waals surface area contributed by atoms with Crippen LogP contribution < -0.4 is 5.32 Å². The maximum atomic E-state index is 12.1. The van der Waals surface area contributed by atoms with Crippen LogP contribution >= 0.6 is 0 Å². The minimum Gasteiger partial charge on any atom is -0.321 e. The van der Waals surface area contributed by atoms with E-state index in [9.17, 15) is 4.79 Å². The van der Waals surface area contributed by atoms with Gasteiger partial charge >= 0.3 is 0 Å². The van der Waals surface area contributed by atoms with Crippen molar-refractivity contribution in [3.63, 3.8) is 0 Å². The lowest BCUT2D eigenvalue weighted by atomic mass is 10.3. The number of rotatable bonds is 4. The van der Waals surface area contributed by atoms with Crippen LogP contribution in [0.3, 0.4) is 0 Å². The summed E-state index contributed by atoms with van der Waals surface area (Å²) in [6.07, 6.45) is 8.56. The van der Waals surface area contributed by atoms with Gasteiger partial charge in [0.15, 0.2) is 5.82 Å². The number of carbonyl (C=O) groups is 1. The van der Waals surface area contributed by atoms with E-state index in [1.54, 1.807) is 47.8 Å². The first-order valence-corrected chi connectivity index (χ1v) is 6.46. The van der Waals surface area contributed by atoms with Gasteiger partial charge in [-0.15, -0.1) is 0 Å². The van der Waals surface area contributed by atoms with Gasteiger partial charge in [-0.3, -0.25) is 14.0 Å². The lowest BCUT2D eigenvalue weighted by Gasteiger charge is -2.11. The highest BCUT2D eigenvalue weighted by molar-refractivity contribution is 5.92. The summed E-state index contributed by atoms with van der Waals surface area (Å²) in [6.45, 7) is 2.04. The number of imidazole rings is 1. The van der Waals surface area contributed by atoms with E-state index in [0.29, 0.717) is 11.5 Å². The first kappa shape index (κ1) is 13.0. The Bertz CT molecular complexity index is 746. The number of aromatic nitrogens is 5. The Kier molecular flexibility index (Phi) is 3.46. The van der Waals surface area contributed by atoms with Crippen LogP contribution in [0, 0.1) is 6.92 Å². The molecule has 3 heterocycles. The number of pyridine rings is 1. The maximum Gasteiger partial charge on any atom is 0.246 e. The van der Waals surface area contributed by atoms with Crippen molar-refractivity contribution >= 4 is 11.6 Å². The van der Waals surface area contributed by atoms with Gasteiger partial charge < -0.3 is 5.32 Å². The summed E-state index contributed by atoms with van der Waals surface area (Å²) in [7, 11) is 0. The Balaban J connectivity index is 1.83. The third-order valence-electron chi connectivity index (χ3n) is 2.98. The topological polar surface area (TPSA) is 77.6 Å². The molecule has 0 fully saturated rings. The summed E-state index contributed by atoms with van der Waals surface area (Å²) in [5.74, 6) is 1.28. The van der Waals surface area contributed by atoms with E-state index in [2.05, 4.69) is 20.4 Å². The van der Waals surface area contributed by atoms with Gasteiger partial charge in [0.25, 0.3) is 0 Å². The van der Waals surface area contributed by atoms with Crippen LogP contribution in [0.15, 0.2) is 49.2 Å². The molecule has 0 bridgehead atoms. The molecule has 0 saturated heterocycles. The Morgan fingerprint density at radius 1 is 1.19 bits per heavy atom. The molecule has 21 heavy (non-hydrogen) atoms. The molecule has 0 aromatic carbocycles. The average Bonchev–Trinajstić information content (AvgIpc) is 3.11. The van der Waals surface area contributed by atoms with Crippen molar-refractivity contribution in [2.45, 2.75) is 13.5 Å². The molecule has 0 radical (unpaired) electrons. The first-order chi connectivity index (χ1) is 10.2. The fraction of sp³-hybridized carbons (Fsp3) is 0.143. The monoisotopic (exact) mass is 282 g/mol. The summed E-state index contributed by atoms with van der Waals surface area (Å²) in [6, 6.07) is 5.36. The van der Waals surface area contributed by atoms with Gasteiger partial charge in [0.2, 0.25) is 5.91 Å². The normalized spacial score (nSPS) is 10.5. The number of hydrogen-bond donors (Lipinski definition) is 1. The van der Waals surface area contributed by atoms with E-state index in [4.69, 9.17) is 0 Å². The van der Waals surface area contributed by atoms with Gasteiger partial charge in [-0.2, -0.15) is 5.10 Å². The van der Waals surface area contributed by atoms with E-state index in [1.165, 1.54) is 0 Å². The van der Waals surface area contributed by atoms with Crippen molar-refractivity contribution in [2.75, 3.05) is 5.32 Å². The van der Waals surface area contributed by atoms with Crippen LogP contribution in [0.4, 0.5) is 5.69 Å². The minimum atomic E-state index is -0.161. The molecule has 3 rings (SSSR count). The molecule has 3 aromatic heterocycles. The van der Waals surface area contributed by atoms with Gasteiger partial charge in [0.05, 0.1) is 5.69 Å². The van der Waals surface area contributed by atoms with Crippen LogP contribution in [-0.2, 0) is 11.3 Å². The summed E-state index contributed by atoms with van der Waals surface area (Å²) >= 11 is 0. The Labute approximate surface area is 121 Å². The van der Waals surface area contributed by atoms with Crippen molar-refractivity contribution in [1.29, 1.82) is 0 Å². The summed E-state index contributed by atoms with van der Waals surface area (Å²) in [4.78, 5) is 20.6. The second-order valence-electron chi connectivity index (χ2n) is 4.47. The van der Waals surface area contributed by atoms with E-state index in [1.807, 2.05) is 17.6 Å². The second-order valence-corrected chi connectivity index (χ2v) is 4.47. The van der Waals surface area contributed by atoms with Crippen molar-refractivity contribution in [1.82, 2.24) is 24.3 Å². The molecule has 0 atom stereocenters. The van der Waals surface area contributed by atoms with Gasteiger partial charge in [-0.25, -0.2) is 9.97 Å². The van der Waals surface area contributed by atoms with Gasteiger partial charge in [0, 0.05) is 31.0 Å². The molecule has 0 aliphatic carbocycles. The van der Waals surface area contributed by atoms with Crippen LogP contribution in [-0.4, -0.2) is 30.2 Å². The third-order valence-corrected chi connectivity index (χ3v) is 2.98. The highest BCUT2D eigenvalue weighted by Crippen LogP contribution is 2.18. The van der Waals surface area contributed by atoms with Crippen molar-refractivity contribution in [2.24, 2.45) is 0 Å². The second kappa shape index (κ2) is 5.58. The SMILES string of the molecule is Cc1nccn1-c1ncccc1NC(=O)Cn1cccn1. The average molecular weight is 282 g/mol. The fourth-order valence-corrected chi connectivity index (χ4v) is 2.02. The highest BCUT2D eigenvalue weighted by Gasteiger charge is 2.11. The molecule has 106 valence electrons. The standard InChI is InChI=1S/C14H14N6O/c1-11-15-7-9-20(11)14-12(4-2-5-16-14)18-13(21)10-19-8-3-6-17-19/h2-9H,10H2,1H3,(H,18,21). The van der Waals surface area contributed by atoms with E-state index >= 15 is 0 Å². The molecular formula is C14H14N6O. The zero-order chi connectivity index (χ0) is 14.7. The Morgan fingerprint density at radius 3 is 2.81 bits per heavy atom. The van der Waals surface area contributed by atoms with Crippen LogP contribution in [0.1, 0.15) is 5.82 Å². The predicted octanol–water partition coefficient (Wildman–Crippen LogP) is 1.41. The number of carbonyl (C=O) groups excluding carboxylic acids is 1. The fourth-order valence-electron chi connectivity index (χ4n) is 2.02. The zero-order valence-corrected chi connectivity index (χ0v) is 11.5. The lowest BCUT2D eigenvalue weighted by Crippen LogP contribution is -2.20. The molecule has 0 unspecified atom stereocenters. The Morgan fingerprint density at radius 2 is 2.10 bits per heavy atom. The van der Waals surface area contributed by atoms with Crippen LogP contribution in [0.2, 0.25) is 0 Å². The lowest BCUT2D eigenvalue weighted by molar-refractivity contribution is -0.116. The largest absolute Gasteiger partial charge is 0.321 e. The highest BCUT2D eigenvalue weighted by atomic mass is 16.2. The Hall–Kier alpha value is -2.96. The maximum absolute atomic E-state index is 12.1. The molecule has 1 N–H and O–H groups in total. The number of nitrogens with zero attached hydrogens (tertiary/aromatic N) is 5. The molecule has 7 heteroatoms. The predicted molar refractivity (Wildman–Crippen MR) is 77.0 cm³/mol. The summed E-state index contributed by atoms with van der Waals surface area (Å²) in [5, 5.41) is 6.86. The number of anilines is 1. The number of amides is 1. The number of hydrogen-bond acceptors (Lipinski definition) is 4. The van der Waals surface area contributed by atoms with Gasteiger partial charge in [-0.05, 0) is 25.1 Å². The van der Waals surface area contributed by atoms with Crippen molar-refractivity contribution in [3.8, 4) is 5.82 Å². The molecule has 0 saturated carbocycles. The van der Waals surface area contributed by atoms with Crippen molar-refractivity contribution < 1.29 is 4.79 Å². The molecule has 0 aliphatic heterocycles. The third kappa shape index (κ3) is 2.81. The summed E-state index contributed by atoms with van der Waals surface area (Å²) in [5.41, 5.74) is 0.635. The van der Waals surface area contributed by atoms with E-state index in [0.717, 1.165) is 5.82 Å². The quantitative estimate of drug-likeness (QED) is 0.785. The number of aryl methyl sites for hydroxylation is 1.